The van der Waals surface area contributed by atoms with Crippen molar-refractivity contribution in [2.45, 2.75) is 13.5 Å². The Morgan fingerprint density at radius 2 is 2.32 bits per heavy atom. The first-order chi connectivity index (χ1) is 8.97. The molecule has 100 valence electrons. The molecule has 0 spiro atoms. The Morgan fingerprint density at radius 1 is 1.58 bits per heavy atom. The summed E-state index contributed by atoms with van der Waals surface area (Å²) < 4.78 is 2.42. The van der Waals surface area contributed by atoms with Crippen molar-refractivity contribution in [2.24, 2.45) is 7.05 Å². The smallest absolute Gasteiger partial charge is 0.254 e. The van der Waals surface area contributed by atoms with E-state index in [9.17, 15) is 4.79 Å². The number of hydrogen-bond acceptors (Lipinski definition) is 3. The normalized spacial score (nSPS) is 10.5. The van der Waals surface area contributed by atoms with Crippen LogP contribution in [0.5, 0.6) is 0 Å². The molecule has 1 N–H and O–H groups in total. The number of carbonyl (C=O) groups is 1. The van der Waals surface area contributed by atoms with E-state index in [0.717, 1.165) is 11.3 Å². The fraction of sp³-hybridized carbons (Fsp3) is 0.250. The lowest BCUT2D eigenvalue weighted by Crippen LogP contribution is -2.23. The van der Waals surface area contributed by atoms with E-state index >= 15 is 0 Å². The number of aromatic nitrogens is 3. The van der Waals surface area contributed by atoms with Gasteiger partial charge in [-0.05, 0) is 28.9 Å². The van der Waals surface area contributed by atoms with Gasteiger partial charge in [0, 0.05) is 36.0 Å². The Bertz CT molecular complexity index is 626. The van der Waals surface area contributed by atoms with Crippen LogP contribution in [0.1, 0.15) is 21.6 Å². The van der Waals surface area contributed by atoms with Crippen molar-refractivity contribution in [1.82, 2.24) is 20.1 Å². The van der Waals surface area contributed by atoms with Gasteiger partial charge in [-0.1, -0.05) is 11.6 Å². The summed E-state index contributed by atoms with van der Waals surface area (Å²) in [5.41, 5.74) is 2.20. The SMILES string of the molecule is Cc1nn(C)cc1CNC(=O)c1cc(Br)cnc1Cl. The number of nitrogens with zero attached hydrogens (tertiary/aromatic N) is 3. The van der Waals surface area contributed by atoms with Gasteiger partial charge in [-0.2, -0.15) is 5.10 Å². The molecule has 0 aromatic carbocycles. The molecular formula is C12H12BrClN4O. The molecule has 1 amide bonds. The minimum absolute atomic E-state index is 0.184. The minimum Gasteiger partial charge on any atom is -0.348 e. The largest absolute Gasteiger partial charge is 0.348 e. The number of carbonyl (C=O) groups excluding carboxylic acids is 1. The molecule has 19 heavy (non-hydrogen) atoms. The van der Waals surface area contributed by atoms with E-state index < -0.39 is 0 Å². The highest BCUT2D eigenvalue weighted by molar-refractivity contribution is 9.10. The van der Waals surface area contributed by atoms with E-state index in [-0.39, 0.29) is 11.1 Å². The average Bonchev–Trinajstić information content (AvgIpc) is 2.68. The molecule has 2 heterocycles. The number of aryl methyl sites for hydroxylation is 2. The number of pyridine rings is 1. The van der Waals surface area contributed by atoms with E-state index in [1.54, 1.807) is 16.9 Å². The van der Waals surface area contributed by atoms with E-state index in [1.165, 1.54) is 0 Å². The van der Waals surface area contributed by atoms with Crippen molar-refractivity contribution in [1.29, 1.82) is 0 Å². The monoisotopic (exact) mass is 342 g/mol. The summed E-state index contributed by atoms with van der Waals surface area (Å²) in [7, 11) is 1.84. The second kappa shape index (κ2) is 5.71. The van der Waals surface area contributed by atoms with Gasteiger partial charge in [-0.3, -0.25) is 9.48 Å². The summed E-state index contributed by atoms with van der Waals surface area (Å²) in [6.45, 7) is 2.30. The fourth-order valence-corrected chi connectivity index (χ4v) is 2.20. The molecule has 7 heteroatoms. The van der Waals surface area contributed by atoms with Crippen molar-refractivity contribution in [2.75, 3.05) is 0 Å². The van der Waals surface area contributed by atoms with Gasteiger partial charge in [0.1, 0.15) is 5.15 Å². The summed E-state index contributed by atoms with van der Waals surface area (Å²) in [5.74, 6) is -0.262. The summed E-state index contributed by atoms with van der Waals surface area (Å²) in [5, 5.41) is 7.20. The second-order valence-corrected chi connectivity index (χ2v) is 5.36. The van der Waals surface area contributed by atoms with Crippen molar-refractivity contribution in [3.63, 3.8) is 0 Å². The van der Waals surface area contributed by atoms with Crippen LogP contribution in [0.15, 0.2) is 22.9 Å². The number of rotatable bonds is 3. The van der Waals surface area contributed by atoms with Gasteiger partial charge < -0.3 is 5.32 Å². The van der Waals surface area contributed by atoms with Crippen LogP contribution in [-0.4, -0.2) is 20.7 Å². The average molecular weight is 344 g/mol. The number of amides is 1. The van der Waals surface area contributed by atoms with Gasteiger partial charge in [-0.15, -0.1) is 0 Å². The summed E-state index contributed by atoms with van der Waals surface area (Å²) in [6.07, 6.45) is 3.42. The van der Waals surface area contributed by atoms with E-state index in [4.69, 9.17) is 11.6 Å². The van der Waals surface area contributed by atoms with E-state index in [1.807, 2.05) is 20.2 Å². The molecule has 2 aromatic heterocycles. The first kappa shape index (κ1) is 14.0. The predicted octanol–water partition coefficient (Wildman–Crippen LogP) is 2.47. The fourth-order valence-electron chi connectivity index (χ4n) is 1.67. The lowest BCUT2D eigenvalue weighted by molar-refractivity contribution is 0.0950. The standard InChI is InChI=1S/C12H12BrClN4O/c1-7-8(6-18(2)17-7)4-16-12(19)10-3-9(13)5-15-11(10)14/h3,5-6H,4H2,1-2H3,(H,16,19). The Morgan fingerprint density at radius 3 is 2.95 bits per heavy atom. The third-order valence-corrected chi connectivity index (χ3v) is 3.34. The number of halogens is 2. The van der Waals surface area contributed by atoms with Gasteiger partial charge in [-0.25, -0.2) is 4.98 Å². The third kappa shape index (κ3) is 3.33. The summed E-state index contributed by atoms with van der Waals surface area (Å²) in [4.78, 5) is 15.9. The Balaban J connectivity index is 2.09. The zero-order valence-electron chi connectivity index (χ0n) is 10.4. The van der Waals surface area contributed by atoms with Crippen LogP contribution in [-0.2, 0) is 13.6 Å². The highest BCUT2D eigenvalue weighted by Gasteiger charge is 2.12. The van der Waals surface area contributed by atoms with Gasteiger partial charge in [0.25, 0.3) is 5.91 Å². The molecule has 0 radical (unpaired) electrons. The molecule has 0 fully saturated rings. The molecule has 0 saturated carbocycles. The maximum absolute atomic E-state index is 12.0. The van der Waals surface area contributed by atoms with Crippen molar-refractivity contribution < 1.29 is 4.79 Å². The minimum atomic E-state index is -0.262. The third-order valence-electron chi connectivity index (χ3n) is 2.60. The molecule has 0 bridgehead atoms. The van der Waals surface area contributed by atoms with Gasteiger partial charge in [0.05, 0.1) is 11.3 Å². The highest BCUT2D eigenvalue weighted by Crippen LogP contribution is 2.18. The summed E-state index contributed by atoms with van der Waals surface area (Å²) in [6, 6.07) is 1.64. The van der Waals surface area contributed by atoms with Crippen LogP contribution in [0.25, 0.3) is 0 Å². The lowest BCUT2D eigenvalue weighted by atomic mass is 10.2. The van der Waals surface area contributed by atoms with Crippen LogP contribution in [0, 0.1) is 6.92 Å². The van der Waals surface area contributed by atoms with E-state index in [2.05, 4.69) is 31.3 Å². The van der Waals surface area contributed by atoms with Crippen LogP contribution < -0.4 is 5.32 Å². The Hall–Kier alpha value is -1.40. The molecule has 0 aliphatic carbocycles. The van der Waals surface area contributed by atoms with Crippen LogP contribution in [0.3, 0.4) is 0 Å². The maximum atomic E-state index is 12.0. The van der Waals surface area contributed by atoms with Crippen LogP contribution in [0.2, 0.25) is 5.15 Å². The number of hydrogen-bond donors (Lipinski definition) is 1. The molecule has 5 nitrogen and oxygen atoms in total. The molecule has 0 aliphatic rings. The van der Waals surface area contributed by atoms with Crippen LogP contribution in [0.4, 0.5) is 0 Å². The van der Waals surface area contributed by atoms with Crippen LogP contribution >= 0.6 is 27.5 Å². The molecule has 0 atom stereocenters. The zero-order valence-corrected chi connectivity index (χ0v) is 12.8. The van der Waals surface area contributed by atoms with Gasteiger partial charge in [0.15, 0.2) is 0 Å². The quantitative estimate of drug-likeness (QED) is 0.871. The van der Waals surface area contributed by atoms with Gasteiger partial charge in [0.2, 0.25) is 0 Å². The van der Waals surface area contributed by atoms with Crippen molar-refractivity contribution >= 4 is 33.4 Å². The Kier molecular flexibility index (Phi) is 4.21. The van der Waals surface area contributed by atoms with E-state index in [0.29, 0.717) is 16.6 Å². The molecule has 0 saturated heterocycles. The van der Waals surface area contributed by atoms with Crippen molar-refractivity contribution in [3.8, 4) is 0 Å². The lowest BCUT2D eigenvalue weighted by Gasteiger charge is -2.06. The Labute approximate surface area is 124 Å². The first-order valence-corrected chi connectivity index (χ1v) is 6.73. The van der Waals surface area contributed by atoms with Crippen molar-refractivity contribution in [3.05, 3.63) is 44.9 Å². The molecule has 0 aliphatic heterocycles. The first-order valence-electron chi connectivity index (χ1n) is 5.55. The molecule has 2 aromatic rings. The maximum Gasteiger partial charge on any atom is 0.254 e. The molecule has 2 rings (SSSR count). The predicted molar refractivity (Wildman–Crippen MR) is 76.1 cm³/mol. The summed E-state index contributed by atoms with van der Waals surface area (Å²) >= 11 is 9.16. The molecule has 0 unspecified atom stereocenters. The van der Waals surface area contributed by atoms with Gasteiger partial charge >= 0.3 is 0 Å². The number of nitrogens with one attached hydrogen (secondary N) is 1. The molecular weight excluding hydrogens is 332 g/mol. The second-order valence-electron chi connectivity index (χ2n) is 4.09. The topological polar surface area (TPSA) is 59.8 Å². The zero-order chi connectivity index (χ0) is 14.0. The highest BCUT2D eigenvalue weighted by atomic mass is 79.9.